The van der Waals surface area contributed by atoms with Crippen LogP contribution in [0.5, 0.6) is 0 Å². The first-order chi connectivity index (χ1) is 12.9. The SMILES string of the molecule is CC(C)N1[N]C(c2ccc(B3OC(C)(C)C(C)(C)O3)cc2)=NN(C(C)C)C1=O. The molecule has 8 heteroatoms. The van der Waals surface area contributed by atoms with E-state index < -0.39 is 7.12 Å². The molecule has 0 spiro atoms. The Labute approximate surface area is 168 Å². The molecule has 1 aromatic rings. The van der Waals surface area contributed by atoms with E-state index in [1.165, 1.54) is 10.0 Å². The average Bonchev–Trinajstić information content (AvgIpc) is 2.82. The highest BCUT2D eigenvalue weighted by molar-refractivity contribution is 6.62. The van der Waals surface area contributed by atoms with Crippen molar-refractivity contribution in [1.29, 1.82) is 0 Å². The standard InChI is InChI=1S/C20H30BN4O3/c1-13(2)24-18(26)25(14(3)4)23-17(22-24)15-9-11-16(12-10-15)21-27-19(5,6)20(7,8)28-21/h9-14H,1-8H3. The number of amides is 2. The quantitative estimate of drug-likeness (QED) is 0.749. The lowest BCUT2D eigenvalue weighted by molar-refractivity contribution is 0.00578. The summed E-state index contributed by atoms with van der Waals surface area (Å²) in [5, 5.41) is 7.42. The molecule has 1 saturated heterocycles. The molecule has 1 radical (unpaired) electrons. The van der Waals surface area contributed by atoms with Crippen LogP contribution in [-0.4, -0.2) is 52.3 Å². The van der Waals surface area contributed by atoms with Crippen molar-refractivity contribution in [2.45, 2.75) is 78.7 Å². The van der Waals surface area contributed by atoms with E-state index in [0.29, 0.717) is 5.84 Å². The fraction of sp³-hybridized carbons (Fsp3) is 0.600. The summed E-state index contributed by atoms with van der Waals surface area (Å²) < 4.78 is 12.2. The third-order valence-electron chi connectivity index (χ3n) is 5.47. The zero-order chi connectivity index (χ0) is 20.9. The summed E-state index contributed by atoms with van der Waals surface area (Å²) in [6.07, 6.45) is 0. The summed E-state index contributed by atoms with van der Waals surface area (Å²) >= 11 is 0. The third kappa shape index (κ3) is 3.63. The minimum Gasteiger partial charge on any atom is -0.399 e. The van der Waals surface area contributed by atoms with Crippen molar-refractivity contribution in [3.05, 3.63) is 29.8 Å². The molecule has 0 bridgehead atoms. The lowest BCUT2D eigenvalue weighted by atomic mass is 9.79. The van der Waals surface area contributed by atoms with Crippen molar-refractivity contribution in [2.75, 3.05) is 0 Å². The molecular weight excluding hydrogens is 355 g/mol. The van der Waals surface area contributed by atoms with Crippen molar-refractivity contribution < 1.29 is 14.1 Å². The molecule has 7 nitrogen and oxygen atoms in total. The normalized spacial score (nSPS) is 21.4. The van der Waals surface area contributed by atoms with E-state index in [1.54, 1.807) is 0 Å². The third-order valence-corrected chi connectivity index (χ3v) is 5.47. The highest BCUT2D eigenvalue weighted by Crippen LogP contribution is 2.36. The maximum absolute atomic E-state index is 12.6. The van der Waals surface area contributed by atoms with Crippen LogP contribution in [0.3, 0.4) is 0 Å². The zero-order valence-electron chi connectivity index (χ0n) is 18.1. The van der Waals surface area contributed by atoms with Gasteiger partial charge in [0, 0.05) is 5.56 Å². The molecule has 0 atom stereocenters. The molecule has 2 aliphatic rings. The summed E-state index contributed by atoms with van der Waals surface area (Å²) in [7, 11) is -0.412. The van der Waals surface area contributed by atoms with Crippen LogP contribution < -0.4 is 10.9 Å². The van der Waals surface area contributed by atoms with Gasteiger partial charge in [0.1, 0.15) is 0 Å². The fourth-order valence-corrected chi connectivity index (χ4v) is 2.97. The summed E-state index contributed by atoms with van der Waals surface area (Å²) in [5.74, 6) is 0.516. The van der Waals surface area contributed by atoms with Gasteiger partial charge in [-0.1, -0.05) is 24.3 Å². The predicted octanol–water partition coefficient (Wildman–Crippen LogP) is 2.72. The lowest BCUT2D eigenvalue weighted by Gasteiger charge is -2.35. The van der Waals surface area contributed by atoms with Crippen molar-refractivity contribution in [3.8, 4) is 0 Å². The lowest BCUT2D eigenvalue weighted by Crippen LogP contribution is -2.56. The van der Waals surface area contributed by atoms with Gasteiger partial charge in [0.05, 0.1) is 23.3 Å². The van der Waals surface area contributed by atoms with Crippen molar-refractivity contribution in [2.24, 2.45) is 5.10 Å². The van der Waals surface area contributed by atoms with Gasteiger partial charge >= 0.3 is 13.1 Å². The first kappa shape index (κ1) is 20.7. The molecule has 151 valence electrons. The van der Waals surface area contributed by atoms with Gasteiger partial charge in [-0.25, -0.2) is 14.8 Å². The van der Waals surface area contributed by atoms with Gasteiger partial charge in [-0.3, -0.25) is 0 Å². The maximum Gasteiger partial charge on any atom is 0.494 e. The van der Waals surface area contributed by atoms with E-state index in [1.807, 2.05) is 79.7 Å². The molecule has 28 heavy (non-hydrogen) atoms. The van der Waals surface area contributed by atoms with Gasteiger partial charge in [0.25, 0.3) is 0 Å². The molecule has 0 saturated carbocycles. The summed E-state index contributed by atoms with van der Waals surface area (Å²) in [5.41, 5.74) is 5.49. The Balaban J connectivity index is 1.85. The molecule has 1 aromatic carbocycles. The van der Waals surface area contributed by atoms with Crippen LogP contribution in [0.15, 0.2) is 29.4 Å². The van der Waals surface area contributed by atoms with Gasteiger partial charge in [0.15, 0.2) is 5.84 Å². The number of hydrogen-bond acceptors (Lipinski definition) is 4. The van der Waals surface area contributed by atoms with E-state index in [0.717, 1.165) is 11.0 Å². The molecular formula is C20H30BN4O3. The van der Waals surface area contributed by atoms with Crippen molar-refractivity contribution in [3.63, 3.8) is 0 Å². The van der Waals surface area contributed by atoms with Crippen LogP contribution in [0.4, 0.5) is 4.79 Å². The molecule has 3 rings (SSSR count). The second-order valence-corrected chi connectivity index (χ2v) is 8.89. The highest BCUT2D eigenvalue weighted by Gasteiger charge is 2.51. The Bertz CT molecular complexity index is 758. The van der Waals surface area contributed by atoms with E-state index in [4.69, 9.17) is 9.31 Å². The Morgan fingerprint density at radius 2 is 1.39 bits per heavy atom. The molecule has 2 heterocycles. The monoisotopic (exact) mass is 385 g/mol. The van der Waals surface area contributed by atoms with Crippen LogP contribution in [0, 0.1) is 0 Å². The average molecular weight is 385 g/mol. The number of hydrogen-bond donors (Lipinski definition) is 0. The second kappa shape index (κ2) is 7.08. The smallest absolute Gasteiger partial charge is 0.399 e. The van der Waals surface area contributed by atoms with Gasteiger partial charge in [-0.05, 0) is 60.9 Å². The minimum absolute atomic E-state index is 0.0525. The number of carbonyl (C=O) groups excluding carboxylic acids is 1. The number of carbonyl (C=O) groups is 1. The number of rotatable bonds is 4. The van der Waals surface area contributed by atoms with E-state index in [2.05, 4.69) is 10.5 Å². The molecule has 2 amide bonds. The molecule has 1 fully saturated rings. The summed E-state index contributed by atoms with van der Waals surface area (Å²) in [6, 6.07) is 7.50. The Morgan fingerprint density at radius 3 is 1.86 bits per heavy atom. The minimum atomic E-state index is -0.412. The van der Waals surface area contributed by atoms with Crippen LogP contribution in [0.25, 0.3) is 0 Å². The number of hydrazone groups is 1. The van der Waals surface area contributed by atoms with Gasteiger partial charge in [-0.15, -0.1) is 10.5 Å². The van der Waals surface area contributed by atoms with Gasteiger partial charge < -0.3 is 9.31 Å². The topological polar surface area (TPSA) is 68.5 Å². The highest BCUT2D eigenvalue weighted by atomic mass is 16.7. The van der Waals surface area contributed by atoms with Crippen molar-refractivity contribution >= 4 is 24.4 Å². The first-order valence-electron chi connectivity index (χ1n) is 9.81. The zero-order valence-corrected chi connectivity index (χ0v) is 18.1. The van der Waals surface area contributed by atoms with Crippen LogP contribution in [-0.2, 0) is 9.31 Å². The predicted molar refractivity (Wildman–Crippen MR) is 110 cm³/mol. The van der Waals surface area contributed by atoms with E-state index >= 15 is 0 Å². The Kier molecular flexibility index (Phi) is 5.23. The first-order valence-corrected chi connectivity index (χ1v) is 9.81. The Hall–Kier alpha value is -2.06. The largest absolute Gasteiger partial charge is 0.494 e. The molecule has 2 aliphatic heterocycles. The van der Waals surface area contributed by atoms with Gasteiger partial charge in [-0.2, -0.15) is 0 Å². The molecule has 0 aliphatic carbocycles. The number of nitrogens with zero attached hydrogens (tertiary/aromatic N) is 4. The summed E-state index contributed by atoms with van der Waals surface area (Å²) in [4.78, 5) is 12.6. The van der Waals surface area contributed by atoms with Crippen molar-refractivity contribution in [1.82, 2.24) is 15.4 Å². The van der Waals surface area contributed by atoms with E-state index in [-0.39, 0.29) is 29.3 Å². The number of amidine groups is 1. The maximum atomic E-state index is 12.6. The fourth-order valence-electron chi connectivity index (χ4n) is 2.97. The van der Waals surface area contributed by atoms with Gasteiger partial charge in [0.2, 0.25) is 0 Å². The Morgan fingerprint density at radius 1 is 0.893 bits per heavy atom. The molecule has 0 aromatic heterocycles. The summed E-state index contributed by atoms with van der Waals surface area (Å²) in [6.45, 7) is 15.9. The van der Waals surface area contributed by atoms with Crippen LogP contribution >= 0.6 is 0 Å². The van der Waals surface area contributed by atoms with Crippen LogP contribution in [0.1, 0.15) is 61.0 Å². The van der Waals surface area contributed by atoms with E-state index in [9.17, 15) is 4.79 Å². The number of benzene rings is 1. The number of urea groups is 1. The molecule has 0 N–H and O–H groups in total. The second-order valence-electron chi connectivity index (χ2n) is 8.89. The molecule has 0 unspecified atom stereocenters. The van der Waals surface area contributed by atoms with Crippen LogP contribution in [0.2, 0.25) is 0 Å².